The van der Waals surface area contributed by atoms with Crippen LogP contribution in [0.15, 0.2) is 36.4 Å². The molecule has 0 saturated heterocycles. The molecule has 2 aliphatic carbocycles. The molecule has 1 aromatic rings. The summed E-state index contributed by atoms with van der Waals surface area (Å²) in [6.07, 6.45) is 9.02. The summed E-state index contributed by atoms with van der Waals surface area (Å²) in [4.78, 5) is 12.0. The largest absolute Gasteiger partial charge is 0.350 e. The minimum atomic E-state index is 0.0316. The summed E-state index contributed by atoms with van der Waals surface area (Å²) in [5.41, 5.74) is 1.07. The summed E-state index contributed by atoms with van der Waals surface area (Å²) in [7, 11) is 0. The van der Waals surface area contributed by atoms with Crippen molar-refractivity contribution in [1.29, 1.82) is 0 Å². The van der Waals surface area contributed by atoms with Gasteiger partial charge in [0.1, 0.15) is 0 Å². The Hall–Kier alpha value is -1.57. The molecule has 0 radical (unpaired) electrons. The molecule has 2 bridgehead atoms. The van der Waals surface area contributed by atoms with Crippen molar-refractivity contribution in [2.24, 2.45) is 17.8 Å². The van der Waals surface area contributed by atoms with Crippen molar-refractivity contribution in [3.63, 3.8) is 0 Å². The van der Waals surface area contributed by atoms with Crippen molar-refractivity contribution in [2.75, 3.05) is 0 Å². The number of amides is 1. The highest BCUT2D eigenvalue weighted by Gasteiger charge is 2.41. The molecule has 0 heterocycles. The average Bonchev–Trinajstić information content (AvgIpc) is 3.09. The number of carbonyl (C=O) groups excluding carboxylic acids is 1. The van der Waals surface area contributed by atoms with Gasteiger partial charge in [0, 0.05) is 12.1 Å². The molecule has 1 N–H and O–H groups in total. The SMILES string of the molecule is CC(NC(=O)C=Cc1ccccc1)C1CC2CCC1C2. The Bertz CT molecular complexity index is 493. The third-order valence-corrected chi connectivity index (χ3v) is 5.03. The number of nitrogens with one attached hydrogen (secondary N) is 1. The lowest BCUT2D eigenvalue weighted by molar-refractivity contribution is -0.117. The minimum absolute atomic E-state index is 0.0316. The molecule has 2 saturated carbocycles. The lowest BCUT2D eigenvalue weighted by Gasteiger charge is -2.28. The van der Waals surface area contributed by atoms with E-state index in [2.05, 4.69) is 12.2 Å². The monoisotopic (exact) mass is 269 g/mol. The summed E-state index contributed by atoms with van der Waals surface area (Å²) in [5.74, 6) is 2.52. The lowest BCUT2D eigenvalue weighted by Crippen LogP contribution is -2.39. The van der Waals surface area contributed by atoms with E-state index in [-0.39, 0.29) is 5.91 Å². The van der Waals surface area contributed by atoms with Crippen molar-refractivity contribution in [3.05, 3.63) is 42.0 Å². The highest BCUT2D eigenvalue weighted by molar-refractivity contribution is 5.91. The van der Waals surface area contributed by atoms with E-state index < -0.39 is 0 Å². The van der Waals surface area contributed by atoms with Crippen molar-refractivity contribution < 1.29 is 4.79 Å². The number of hydrogen-bond donors (Lipinski definition) is 1. The second kappa shape index (κ2) is 5.82. The van der Waals surface area contributed by atoms with Gasteiger partial charge in [-0.15, -0.1) is 0 Å². The molecule has 2 nitrogen and oxygen atoms in total. The van der Waals surface area contributed by atoms with E-state index in [1.54, 1.807) is 6.08 Å². The molecule has 0 spiro atoms. The second-order valence-corrected chi connectivity index (χ2v) is 6.38. The van der Waals surface area contributed by atoms with Crippen LogP contribution in [0, 0.1) is 17.8 Å². The first kappa shape index (κ1) is 13.4. The Morgan fingerprint density at radius 3 is 2.70 bits per heavy atom. The van der Waals surface area contributed by atoms with Crippen LogP contribution in [0.3, 0.4) is 0 Å². The van der Waals surface area contributed by atoms with Crippen molar-refractivity contribution in [1.82, 2.24) is 5.32 Å². The van der Waals surface area contributed by atoms with Crippen LogP contribution in [-0.2, 0) is 4.79 Å². The molecule has 20 heavy (non-hydrogen) atoms. The fourth-order valence-corrected chi connectivity index (χ4v) is 4.02. The molecule has 3 rings (SSSR count). The Morgan fingerprint density at radius 2 is 2.05 bits per heavy atom. The fraction of sp³-hybridized carbons (Fsp3) is 0.500. The Morgan fingerprint density at radius 1 is 1.25 bits per heavy atom. The van der Waals surface area contributed by atoms with Gasteiger partial charge >= 0.3 is 0 Å². The minimum Gasteiger partial charge on any atom is -0.350 e. The average molecular weight is 269 g/mol. The zero-order chi connectivity index (χ0) is 13.9. The van der Waals surface area contributed by atoms with E-state index in [4.69, 9.17) is 0 Å². The van der Waals surface area contributed by atoms with Gasteiger partial charge in [0.25, 0.3) is 0 Å². The predicted molar refractivity (Wildman–Crippen MR) is 82.0 cm³/mol. The third-order valence-electron chi connectivity index (χ3n) is 5.03. The number of fused-ring (bicyclic) bond motifs is 2. The number of carbonyl (C=O) groups is 1. The molecule has 1 amide bonds. The van der Waals surface area contributed by atoms with Crippen LogP contribution < -0.4 is 5.32 Å². The van der Waals surface area contributed by atoms with Gasteiger partial charge in [0.2, 0.25) is 5.91 Å². The van der Waals surface area contributed by atoms with Crippen molar-refractivity contribution >= 4 is 12.0 Å². The second-order valence-electron chi connectivity index (χ2n) is 6.38. The highest BCUT2D eigenvalue weighted by Crippen LogP contribution is 2.49. The maximum absolute atomic E-state index is 12.0. The molecule has 2 fully saturated rings. The van der Waals surface area contributed by atoms with Gasteiger partial charge in [-0.1, -0.05) is 36.8 Å². The molecule has 4 unspecified atom stereocenters. The standard InChI is InChI=1S/C18H23NO/c1-13(17-12-15-7-9-16(17)11-15)19-18(20)10-8-14-5-3-2-4-6-14/h2-6,8,10,13,15-17H,7,9,11-12H2,1H3,(H,19,20). The highest BCUT2D eigenvalue weighted by atomic mass is 16.1. The quantitative estimate of drug-likeness (QED) is 0.831. The van der Waals surface area contributed by atoms with Crippen LogP contribution in [0.1, 0.15) is 38.2 Å². The van der Waals surface area contributed by atoms with Gasteiger partial charge in [-0.05, 0) is 55.6 Å². The van der Waals surface area contributed by atoms with Gasteiger partial charge in [-0.2, -0.15) is 0 Å². The van der Waals surface area contributed by atoms with E-state index in [1.807, 2.05) is 36.4 Å². The van der Waals surface area contributed by atoms with Crippen LogP contribution in [0.25, 0.3) is 6.08 Å². The molecule has 4 atom stereocenters. The fourth-order valence-electron chi connectivity index (χ4n) is 4.02. The van der Waals surface area contributed by atoms with Crippen LogP contribution in [0.2, 0.25) is 0 Å². The molecule has 1 aromatic carbocycles. The van der Waals surface area contributed by atoms with E-state index in [9.17, 15) is 4.79 Å². The molecule has 2 aliphatic rings. The molecule has 2 heteroatoms. The summed E-state index contributed by atoms with van der Waals surface area (Å²) < 4.78 is 0. The van der Waals surface area contributed by atoms with Crippen molar-refractivity contribution in [3.8, 4) is 0 Å². The van der Waals surface area contributed by atoms with E-state index in [1.165, 1.54) is 25.7 Å². The van der Waals surface area contributed by atoms with Gasteiger partial charge in [0.15, 0.2) is 0 Å². The summed E-state index contributed by atoms with van der Waals surface area (Å²) in [5, 5.41) is 3.15. The third kappa shape index (κ3) is 2.95. The molecular formula is C18H23NO. The lowest BCUT2D eigenvalue weighted by atomic mass is 9.84. The van der Waals surface area contributed by atoms with Gasteiger partial charge < -0.3 is 5.32 Å². The normalized spacial score (nSPS) is 29.8. The summed E-state index contributed by atoms with van der Waals surface area (Å²) in [6, 6.07) is 10.3. The van der Waals surface area contributed by atoms with Crippen LogP contribution in [0.4, 0.5) is 0 Å². The first-order chi connectivity index (χ1) is 9.72. The first-order valence-corrected chi connectivity index (χ1v) is 7.76. The van der Waals surface area contributed by atoms with E-state index in [0.717, 1.165) is 17.4 Å². The Kier molecular flexibility index (Phi) is 3.90. The summed E-state index contributed by atoms with van der Waals surface area (Å²) in [6.45, 7) is 2.17. The smallest absolute Gasteiger partial charge is 0.244 e. The van der Waals surface area contributed by atoms with Crippen LogP contribution in [-0.4, -0.2) is 11.9 Å². The maximum atomic E-state index is 12.0. The van der Waals surface area contributed by atoms with Gasteiger partial charge in [-0.25, -0.2) is 0 Å². The van der Waals surface area contributed by atoms with Gasteiger partial charge in [-0.3, -0.25) is 4.79 Å². The number of hydrogen-bond acceptors (Lipinski definition) is 1. The van der Waals surface area contributed by atoms with Crippen molar-refractivity contribution in [2.45, 2.75) is 38.6 Å². The number of rotatable bonds is 4. The molecule has 106 valence electrons. The topological polar surface area (TPSA) is 29.1 Å². The van der Waals surface area contributed by atoms with E-state index in [0.29, 0.717) is 12.0 Å². The maximum Gasteiger partial charge on any atom is 0.244 e. The summed E-state index contributed by atoms with van der Waals surface area (Å²) >= 11 is 0. The zero-order valence-corrected chi connectivity index (χ0v) is 12.1. The molecular weight excluding hydrogens is 246 g/mol. The van der Waals surface area contributed by atoms with Crippen LogP contribution in [0.5, 0.6) is 0 Å². The number of benzene rings is 1. The Labute approximate surface area is 121 Å². The molecule has 0 aromatic heterocycles. The first-order valence-electron chi connectivity index (χ1n) is 7.76. The Balaban J connectivity index is 1.52. The van der Waals surface area contributed by atoms with E-state index >= 15 is 0 Å². The van der Waals surface area contributed by atoms with Gasteiger partial charge in [0.05, 0.1) is 0 Å². The van der Waals surface area contributed by atoms with Crippen LogP contribution >= 0.6 is 0 Å². The zero-order valence-electron chi connectivity index (χ0n) is 12.1. The molecule has 0 aliphatic heterocycles. The predicted octanol–water partition coefficient (Wildman–Crippen LogP) is 3.64.